The molecule has 162 valence electrons. The molecule has 7 nitrogen and oxygen atoms in total. The molecule has 2 rings (SSSR count). The summed E-state index contributed by atoms with van der Waals surface area (Å²) in [6.07, 6.45) is 5.22. The highest BCUT2D eigenvalue weighted by molar-refractivity contribution is 5.92. The van der Waals surface area contributed by atoms with E-state index in [1.165, 1.54) is 5.56 Å². The van der Waals surface area contributed by atoms with Gasteiger partial charge in [0.2, 0.25) is 5.91 Å². The second-order valence-corrected chi connectivity index (χ2v) is 8.65. The number of likely N-dealkylation sites (tertiary alicyclic amines) is 1. The Labute approximate surface area is 178 Å². The van der Waals surface area contributed by atoms with Gasteiger partial charge < -0.3 is 9.64 Å². The summed E-state index contributed by atoms with van der Waals surface area (Å²) in [4.78, 5) is 31.3. The molecule has 0 N–H and O–H groups in total. The van der Waals surface area contributed by atoms with E-state index in [-0.39, 0.29) is 18.9 Å². The van der Waals surface area contributed by atoms with Gasteiger partial charge in [-0.15, -0.1) is 0 Å². The van der Waals surface area contributed by atoms with E-state index in [2.05, 4.69) is 10.0 Å². The maximum absolute atomic E-state index is 13.5. The normalized spacial score (nSPS) is 20.3. The lowest BCUT2D eigenvalue weighted by Crippen LogP contribution is -2.44. The van der Waals surface area contributed by atoms with Gasteiger partial charge in [0.1, 0.15) is 5.60 Å². The Morgan fingerprint density at radius 3 is 2.67 bits per heavy atom. The summed E-state index contributed by atoms with van der Waals surface area (Å²) < 4.78 is 5.65. The van der Waals surface area contributed by atoms with Crippen molar-refractivity contribution in [1.29, 1.82) is 0 Å². The Morgan fingerprint density at radius 2 is 2.07 bits per heavy atom. The molecular weight excluding hydrogens is 380 g/mol. The van der Waals surface area contributed by atoms with Crippen molar-refractivity contribution in [3.8, 4) is 0 Å². The van der Waals surface area contributed by atoms with E-state index in [0.717, 1.165) is 6.42 Å². The Hall–Kier alpha value is -2.79. The molecule has 30 heavy (non-hydrogen) atoms. The predicted octanol–water partition coefficient (Wildman–Crippen LogP) is 4.68. The summed E-state index contributed by atoms with van der Waals surface area (Å²) in [6, 6.07) is 10.0. The third-order valence-electron chi connectivity index (χ3n) is 5.35. The van der Waals surface area contributed by atoms with Gasteiger partial charge in [0.05, 0.1) is 11.3 Å². The number of benzene rings is 1. The Morgan fingerprint density at radius 1 is 1.37 bits per heavy atom. The number of carbonyl (C=O) groups excluding carboxylic acids is 2. The summed E-state index contributed by atoms with van der Waals surface area (Å²) >= 11 is 0. The summed E-state index contributed by atoms with van der Waals surface area (Å²) in [5, 5.41) is 3.60. The molecular formula is C23H32N4O3. The second kappa shape index (κ2) is 10.3. The first-order chi connectivity index (χ1) is 14.2. The average Bonchev–Trinajstić information content (AvgIpc) is 2.99. The zero-order valence-electron chi connectivity index (χ0n) is 18.4. The van der Waals surface area contributed by atoms with Crippen molar-refractivity contribution in [3.63, 3.8) is 0 Å². The van der Waals surface area contributed by atoms with Crippen LogP contribution in [0.4, 0.5) is 0 Å². The third-order valence-corrected chi connectivity index (χ3v) is 5.35. The first kappa shape index (κ1) is 23.5. The van der Waals surface area contributed by atoms with Gasteiger partial charge in [0.15, 0.2) is 0 Å². The number of hydrogen-bond donors (Lipinski definition) is 0. The quantitative estimate of drug-likeness (QED) is 0.194. The lowest BCUT2D eigenvalue weighted by molar-refractivity contribution is -0.166. The average molecular weight is 413 g/mol. The molecule has 0 saturated carbocycles. The third kappa shape index (κ3) is 5.86. The SMILES string of the molecule is CC=CC1(C(CCN=[N+]=[N-])C(=O)OC(C)(C)C)CCN(CCc2ccccc2)C1=O. The van der Waals surface area contributed by atoms with Crippen LogP contribution < -0.4 is 0 Å². The molecule has 1 amide bonds. The highest BCUT2D eigenvalue weighted by Gasteiger charge is 2.53. The van der Waals surface area contributed by atoms with Crippen LogP contribution in [0.2, 0.25) is 0 Å². The van der Waals surface area contributed by atoms with Crippen LogP contribution in [0.3, 0.4) is 0 Å². The van der Waals surface area contributed by atoms with Crippen LogP contribution in [0.25, 0.3) is 10.4 Å². The standard InChI is InChI=1S/C23H32N4O3/c1-5-13-23(19(11-15-25-26-24)20(28)30-22(2,3)4)14-17-27(21(23)29)16-12-18-9-7-6-8-10-18/h5-10,13,19H,11-12,14-17H2,1-4H3. The molecule has 0 radical (unpaired) electrons. The fourth-order valence-corrected chi connectivity index (χ4v) is 4.03. The van der Waals surface area contributed by atoms with Crippen molar-refractivity contribution in [2.45, 2.75) is 52.6 Å². The summed E-state index contributed by atoms with van der Waals surface area (Å²) in [5.41, 5.74) is 8.19. The van der Waals surface area contributed by atoms with Crippen molar-refractivity contribution < 1.29 is 14.3 Å². The van der Waals surface area contributed by atoms with Gasteiger partial charge >= 0.3 is 5.97 Å². The number of hydrogen-bond acceptors (Lipinski definition) is 4. The number of carbonyl (C=O) groups is 2. The molecule has 2 atom stereocenters. The number of rotatable bonds is 9. The van der Waals surface area contributed by atoms with Crippen LogP contribution in [0, 0.1) is 11.3 Å². The highest BCUT2D eigenvalue weighted by atomic mass is 16.6. The fourth-order valence-electron chi connectivity index (χ4n) is 4.03. The maximum Gasteiger partial charge on any atom is 0.310 e. The number of nitrogens with zero attached hydrogens (tertiary/aromatic N) is 4. The van der Waals surface area contributed by atoms with Gasteiger partial charge in [-0.25, -0.2) is 0 Å². The predicted molar refractivity (Wildman–Crippen MR) is 117 cm³/mol. The highest BCUT2D eigenvalue weighted by Crippen LogP contribution is 2.43. The van der Waals surface area contributed by atoms with Crippen LogP contribution in [0.15, 0.2) is 47.6 Å². The molecule has 0 spiro atoms. The molecule has 0 bridgehead atoms. The number of ether oxygens (including phenoxy) is 1. The van der Waals surface area contributed by atoms with Crippen LogP contribution in [-0.2, 0) is 20.7 Å². The van der Waals surface area contributed by atoms with Crippen LogP contribution in [0.1, 0.15) is 46.1 Å². The first-order valence-corrected chi connectivity index (χ1v) is 10.4. The monoisotopic (exact) mass is 412 g/mol. The molecule has 1 aromatic rings. The summed E-state index contributed by atoms with van der Waals surface area (Å²) in [5.74, 6) is -1.19. The lowest BCUT2D eigenvalue weighted by atomic mass is 9.72. The summed E-state index contributed by atoms with van der Waals surface area (Å²) in [6.45, 7) is 8.58. The van der Waals surface area contributed by atoms with Gasteiger partial charge in [-0.3, -0.25) is 9.59 Å². The Balaban J connectivity index is 2.27. The van der Waals surface area contributed by atoms with Crippen LogP contribution in [-0.4, -0.2) is 42.0 Å². The molecule has 0 aromatic heterocycles. The zero-order valence-corrected chi connectivity index (χ0v) is 18.4. The topological polar surface area (TPSA) is 95.4 Å². The molecule has 0 aliphatic carbocycles. The molecule has 2 unspecified atom stereocenters. The molecule has 1 aliphatic heterocycles. The van der Waals surface area contributed by atoms with Crippen molar-refractivity contribution in [3.05, 3.63) is 58.5 Å². The number of esters is 1. The minimum absolute atomic E-state index is 0.0617. The maximum atomic E-state index is 13.5. The molecule has 1 fully saturated rings. The minimum Gasteiger partial charge on any atom is -0.460 e. The van der Waals surface area contributed by atoms with E-state index in [1.54, 1.807) is 20.8 Å². The molecule has 1 heterocycles. The Kier molecular flexibility index (Phi) is 8.07. The van der Waals surface area contributed by atoms with Gasteiger partial charge in [-0.05, 0) is 58.1 Å². The van der Waals surface area contributed by atoms with Gasteiger partial charge in [-0.1, -0.05) is 47.6 Å². The minimum atomic E-state index is -0.973. The van der Waals surface area contributed by atoms with Crippen molar-refractivity contribution in [1.82, 2.24) is 4.90 Å². The van der Waals surface area contributed by atoms with E-state index in [9.17, 15) is 9.59 Å². The lowest BCUT2D eigenvalue weighted by Gasteiger charge is -2.34. The van der Waals surface area contributed by atoms with Gasteiger partial charge in [0, 0.05) is 24.5 Å². The van der Waals surface area contributed by atoms with E-state index in [0.29, 0.717) is 19.5 Å². The summed E-state index contributed by atoms with van der Waals surface area (Å²) in [7, 11) is 0. The van der Waals surface area contributed by atoms with E-state index >= 15 is 0 Å². The van der Waals surface area contributed by atoms with E-state index < -0.39 is 22.9 Å². The van der Waals surface area contributed by atoms with E-state index in [1.807, 2.05) is 54.3 Å². The largest absolute Gasteiger partial charge is 0.460 e. The first-order valence-electron chi connectivity index (χ1n) is 10.4. The molecule has 1 aliphatic rings. The second-order valence-electron chi connectivity index (χ2n) is 8.65. The zero-order chi connectivity index (χ0) is 22.2. The van der Waals surface area contributed by atoms with Crippen LogP contribution >= 0.6 is 0 Å². The van der Waals surface area contributed by atoms with Crippen molar-refractivity contribution in [2.75, 3.05) is 19.6 Å². The number of azide groups is 1. The van der Waals surface area contributed by atoms with Gasteiger partial charge in [0.25, 0.3) is 0 Å². The number of allylic oxidation sites excluding steroid dienone is 1. The van der Waals surface area contributed by atoms with Crippen LogP contribution in [0.5, 0.6) is 0 Å². The number of amides is 1. The Bertz CT molecular complexity index is 809. The molecule has 7 heteroatoms. The van der Waals surface area contributed by atoms with Gasteiger partial charge in [-0.2, -0.15) is 0 Å². The fraction of sp³-hybridized carbons (Fsp3) is 0.565. The molecule has 1 aromatic carbocycles. The van der Waals surface area contributed by atoms with E-state index in [4.69, 9.17) is 10.3 Å². The van der Waals surface area contributed by atoms with Crippen molar-refractivity contribution in [2.24, 2.45) is 16.4 Å². The van der Waals surface area contributed by atoms with Crippen molar-refractivity contribution >= 4 is 11.9 Å². The molecule has 1 saturated heterocycles. The smallest absolute Gasteiger partial charge is 0.310 e.